The molecule has 8 heteroatoms. The number of benzene rings is 1. The molecule has 142 valence electrons. The van der Waals surface area contributed by atoms with Crippen LogP contribution in [0.15, 0.2) is 30.5 Å². The van der Waals surface area contributed by atoms with Gasteiger partial charge in [0.25, 0.3) is 11.8 Å². The van der Waals surface area contributed by atoms with Gasteiger partial charge in [0.15, 0.2) is 5.65 Å². The molecule has 0 fully saturated rings. The fraction of sp³-hybridized carbons (Fsp3) is 0.250. The number of nitrogens with zero attached hydrogens (tertiary/aromatic N) is 4. The summed E-state index contributed by atoms with van der Waals surface area (Å²) in [6.07, 6.45) is 1.53. The highest BCUT2D eigenvalue weighted by atomic mass is 16.2. The molecule has 3 heterocycles. The molecule has 0 bridgehead atoms. The van der Waals surface area contributed by atoms with Crippen molar-refractivity contribution in [3.63, 3.8) is 0 Å². The molecule has 2 aromatic heterocycles. The van der Waals surface area contributed by atoms with Crippen LogP contribution >= 0.6 is 0 Å². The highest BCUT2D eigenvalue weighted by Gasteiger charge is 2.40. The number of carbonyl (C=O) groups is 3. The summed E-state index contributed by atoms with van der Waals surface area (Å²) in [5.74, 6) is -1.38. The number of imide groups is 1. The topological polar surface area (TPSA) is 97.2 Å². The van der Waals surface area contributed by atoms with Crippen LogP contribution in [0.2, 0.25) is 0 Å². The fourth-order valence-electron chi connectivity index (χ4n) is 3.47. The van der Waals surface area contributed by atoms with E-state index in [0.717, 1.165) is 21.5 Å². The molecule has 0 aliphatic carbocycles. The first-order valence-corrected chi connectivity index (χ1v) is 8.86. The molecule has 3 amide bonds. The number of hydrogen-bond acceptors (Lipinski definition) is 5. The Balaban J connectivity index is 1.58. The largest absolute Gasteiger partial charge is 0.323 e. The van der Waals surface area contributed by atoms with E-state index in [0.29, 0.717) is 22.5 Å². The van der Waals surface area contributed by atoms with Crippen LogP contribution in [-0.4, -0.2) is 43.4 Å². The Kier molecular flexibility index (Phi) is 3.99. The van der Waals surface area contributed by atoms with Gasteiger partial charge in [0.2, 0.25) is 5.91 Å². The van der Waals surface area contributed by atoms with Gasteiger partial charge in [-0.2, -0.15) is 5.10 Å². The van der Waals surface area contributed by atoms with E-state index in [1.165, 1.54) is 13.1 Å². The standard InChI is InChI=1S/C20H19N5O3/c1-10-5-6-14-16(7-10)20(28)25(19(14)27)12(3)18(26)22-13-8-15-11(2)23-24(4)17(15)21-9-13/h5-9,12H,1-4H3,(H,22,26). The molecular formula is C20H19N5O3. The van der Waals surface area contributed by atoms with Crippen LogP contribution in [0.3, 0.4) is 0 Å². The predicted octanol–water partition coefficient (Wildman–Crippen LogP) is 2.21. The molecule has 1 atom stereocenters. The average Bonchev–Trinajstić information content (AvgIpc) is 3.07. The summed E-state index contributed by atoms with van der Waals surface area (Å²) >= 11 is 0. The Bertz CT molecular complexity index is 1160. The Morgan fingerprint density at radius 1 is 1.11 bits per heavy atom. The summed E-state index contributed by atoms with van der Waals surface area (Å²) < 4.78 is 1.67. The van der Waals surface area contributed by atoms with Crippen LogP contribution in [0.1, 0.15) is 38.9 Å². The molecule has 1 aliphatic rings. The van der Waals surface area contributed by atoms with Crippen molar-refractivity contribution < 1.29 is 14.4 Å². The van der Waals surface area contributed by atoms with Crippen molar-refractivity contribution in [1.29, 1.82) is 0 Å². The highest BCUT2D eigenvalue weighted by Crippen LogP contribution is 2.26. The summed E-state index contributed by atoms with van der Waals surface area (Å²) in [4.78, 5) is 43.4. The minimum Gasteiger partial charge on any atom is -0.323 e. The van der Waals surface area contributed by atoms with Gasteiger partial charge in [0.05, 0.1) is 28.7 Å². The third-order valence-corrected chi connectivity index (χ3v) is 4.97. The second-order valence-corrected chi connectivity index (χ2v) is 7.00. The van der Waals surface area contributed by atoms with E-state index in [4.69, 9.17) is 0 Å². The summed E-state index contributed by atoms with van der Waals surface area (Å²) in [7, 11) is 1.80. The van der Waals surface area contributed by atoms with E-state index < -0.39 is 23.8 Å². The van der Waals surface area contributed by atoms with E-state index >= 15 is 0 Å². The number of anilines is 1. The summed E-state index contributed by atoms with van der Waals surface area (Å²) in [5, 5.41) is 7.87. The van der Waals surface area contributed by atoms with Crippen LogP contribution in [0.25, 0.3) is 11.0 Å². The van der Waals surface area contributed by atoms with Crippen molar-refractivity contribution in [2.24, 2.45) is 7.05 Å². The minimum absolute atomic E-state index is 0.323. The van der Waals surface area contributed by atoms with Crippen molar-refractivity contribution >= 4 is 34.4 Å². The third kappa shape index (κ3) is 2.65. The second-order valence-electron chi connectivity index (χ2n) is 7.00. The Morgan fingerprint density at radius 2 is 1.82 bits per heavy atom. The average molecular weight is 377 g/mol. The van der Waals surface area contributed by atoms with Crippen LogP contribution < -0.4 is 5.32 Å². The van der Waals surface area contributed by atoms with Crippen molar-refractivity contribution in [1.82, 2.24) is 19.7 Å². The number of aryl methyl sites for hydroxylation is 3. The number of amides is 3. The first-order chi connectivity index (χ1) is 13.3. The first kappa shape index (κ1) is 17.8. The Hall–Kier alpha value is -3.55. The summed E-state index contributed by atoms with van der Waals surface area (Å²) in [5.41, 5.74) is 3.52. The third-order valence-electron chi connectivity index (χ3n) is 4.97. The number of pyridine rings is 1. The van der Waals surface area contributed by atoms with E-state index in [1.54, 1.807) is 36.0 Å². The molecule has 0 radical (unpaired) electrons. The number of carbonyl (C=O) groups excluding carboxylic acids is 3. The van der Waals surface area contributed by atoms with Crippen LogP contribution in [0.5, 0.6) is 0 Å². The lowest BCUT2D eigenvalue weighted by Gasteiger charge is -2.21. The second kappa shape index (κ2) is 6.26. The van der Waals surface area contributed by atoms with Gasteiger partial charge in [0.1, 0.15) is 6.04 Å². The zero-order chi connectivity index (χ0) is 20.2. The van der Waals surface area contributed by atoms with Gasteiger partial charge in [-0.05, 0) is 39.0 Å². The highest BCUT2D eigenvalue weighted by molar-refractivity contribution is 6.23. The molecule has 28 heavy (non-hydrogen) atoms. The maximum absolute atomic E-state index is 12.7. The van der Waals surface area contributed by atoms with Crippen LogP contribution in [0.4, 0.5) is 5.69 Å². The number of fused-ring (bicyclic) bond motifs is 2. The Morgan fingerprint density at radius 3 is 2.57 bits per heavy atom. The molecular weight excluding hydrogens is 358 g/mol. The van der Waals surface area contributed by atoms with E-state index in [9.17, 15) is 14.4 Å². The van der Waals surface area contributed by atoms with Crippen molar-refractivity contribution in [3.8, 4) is 0 Å². The molecule has 1 N–H and O–H groups in total. The van der Waals surface area contributed by atoms with Gasteiger partial charge in [-0.3, -0.25) is 24.0 Å². The van der Waals surface area contributed by atoms with Gasteiger partial charge in [-0.1, -0.05) is 11.6 Å². The number of rotatable bonds is 3. The summed E-state index contributed by atoms with van der Waals surface area (Å²) in [6.45, 7) is 5.24. The lowest BCUT2D eigenvalue weighted by Crippen LogP contribution is -2.45. The smallest absolute Gasteiger partial charge is 0.262 e. The molecule has 1 aromatic carbocycles. The number of nitrogens with one attached hydrogen (secondary N) is 1. The molecule has 1 unspecified atom stereocenters. The molecule has 0 saturated heterocycles. The fourth-order valence-corrected chi connectivity index (χ4v) is 3.47. The van der Waals surface area contributed by atoms with Gasteiger partial charge in [0, 0.05) is 12.4 Å². The van der Waals surface area contributed by atoms with Crippen molar-refractivity contribution in [2.45, 2.75) is 26.8 Å². The van der Waals surface area contributed by atoms with Crippen molar-refractivity contribution in [3.05, 3.63) is 52.8 Å². The monoisotopic (exact) mass is 377 g/mol. The molecule has 3 aromatic rings. The predicted molar refractivity (Wildman–Crippen MR) is 103 cm³/mol. The van der Waals surface area contributed by atoms with Gasteiger partial charge < -0.3 is 5.32 Å². The molecule has 8 nitrogen and oxygen atoms in total. The summed E-state index contributed by atoms with van der Waals surface area (Å²) in [6, 6.07) is 5.89. The van der Waals surface area contributed by atoms with Gasteiger partial charge in [-0.25, -0.2) is 4.98 Å². The molecule has 4 rings (SSSR count). The maximum atomic E-state index is 12.7. The first-order valence-electron chi connectivity index (χ1n) is 8.86. The molecule has 0 saturated carbocycles. The lowest BCUT2D eigenvalue weighted by atomic mass is 10.1. The van der Waals surface area contributed by atoms with Crippen LogP contribution in [-0.2, 0) is 11.8 Å². The van der Waals surface area contributed by atoms with E-state index in [-0.39, 0.29) is 0 Å². The molecule has 0 spiro atoms. The lowest BCUT2D eigenvalue weighted by molar-refractivity contribution is -0.119. The Labute approximate surface area is 161 Å². The van der Waals surface area contributed by atoms with Gasteiger partial charge in [-0.15, -0.1) is 0 Å². The number of hydrogen-bond donors (Lipinski definition) is 1. The minimum atomic E-state index is -0.960. The SMILES string of the molecule is Cc1ccc2c(c1)C(=O)N(C(C)C(=O)Nc1cnc3c(c1)c(C)nn3C)C2=O. The normalized spacial score (nSPS) is 14.5. The number of aromatic nitrogens is 3. The van der Waals surface area contributed by atoms with Gasteiger partial charge >= 0.3 is 0 Å². The zero-order valence-electron chi connectivity index (χ0n) is 16.0. The zero-order valence-corrected chi connectivity index (χ0v) is 16.0. The maximum Gasteiger partial charge on any atom is 0.262 e. The van der Waals surface area contributed by atoms with Crippen molar-refractivity contribution in [2.75, 3.05) is 5.32 Å². The van der Waals surface area contributed by atoms with Crippen LogP contribution in [0, 0.1) is 13.8 Å². The molecule has 1 aliphatic heterocycles. The quantitative estimate of drug-likeness (QED) is 0.706. The van der Waals surface area contributed by atoms with E-state index in [2.05, 4.69) is 15.4 Å². The van der Waals surface area contributed by atoms with E-state index in [1.807, 2.05) is 13.8 Å².